The van der Waals surface area contributed by atoms with Crippen LogP contribution in [0.25, 0.3) is 0 Å². The summed E-state index contributed by atoms with van der Waals surface area (Å²) in [5, 5.41) is 8.87. The zero-order valence-corrected chi connectivity index (χ0v) is 12.0. The van der Waals surface area contributed by atoms with Crippen LogP contribution in [-0.4, -0.2) is 49.7 Å². The molecule has 1 N–H and O–H groups in total. The Morgan fingerprint density at radius 2 is 1.95 bits per heavy atom. The van der Waals surface area contributed by atoms with E-state index in [1.807, 2.05) is 0 Å². The first-order valence-corrected chi connectivity index (χ1v) is 6.11. The third-order valence-electron chi connectivity index (χ3n) is 2.96. The van der Waals surface area contributed by atoms with Gasteiger partial charge in [0.2, 0.25) is 0 Å². The van der Waals surface area contributed by atoms with Crippen molar-refractivity contribution in [2.24, 2.45) is 5.92 Å². The Morgan fingerprint density at radius 1 is 1.30 bits per heavy atom. The number of hydrogen-bond acceptors (Lipinski definition) is 4. The lowest BCUT2D eigenvalue weighted by molar-refractivity contribution is -0.141. The number of ether oxygens (including phenoxy) is 2. The van der Waals surface area contributed by atoms with E-state index >= 15 is 0 Å². The number of nitrogens with zero attached hydrogens (tertiary/aromatic N) is 1. The summed E-state index contributed by atoms with van der Waals surface area (Å²) in [7, 11) is 4.55. The quantitative estimate of drug-likeness (QED) is 0.855. The Balaban J connectivity index is 2.93. The predicted molar refractivity (Wildman–Crippen MR) is 73.3 cm³/mol. The lowest BCUT2D eigenvalue weighted by atomic mass is 10.1. The highest BCUT2D eigenvalue weighted by Gasteiger charge is 2.21. The molecule has 0 aliphatic carbocycles. The van der Waals surface area contributed by atoms with Crippen LogP contribution in [0.1, 0.15) is 17.3 Å². The van der Waals surface area contributed by atoms with E-state index in [0.29, 0.717) is 17.1 Å². The molecule has 0 fully saturated rings. The van der Waals surface area contributed by atoms with Gasteiger partial charge in [0.25, 0.3) is 5.91 Å². The average molecular weight is 281 g/mol. The van der Waals surface area contributed by atoms with E-state index in [2.05, 4.69) is 0 Å². The number of amides is 1. The van der Waals surface area contributed by atoms with Crippen molar-refractivity contribution < 1.29 is 24.2 Å². The van der Waals surface area contributed by atoms with Gasteiger partial charge in [-0.3, -0.25) is 9.59 Å². The average Bonchev–Trinajstić information content (AvgIpc) is 2.45. The van der Waals surface area contributed by atoms with Crippen LogP contribution in [-0.2, 0) is 4.79 Å². The zero-order valence-electron chi connectivity index (χ0n) is 12.0. The maximum Gasteiger partial charge on any atom is 0.308 e. The van der Waals surface area contributed by atoms with Gasteiger partial charge in [0.05, 0.1) is 25.7 Å². The minimum Gasteiger partial charge on any atom is -0.497 e. The molecule has 0 aliphatic heterocycles. The number of carbonyl (C=O) groups excluding carboxylic acids is 1. The molecule has 1 unspecified atom stereocenters. The molecule has 1 rings (SSSR count). The van der Waals surface area contributed by atoms with Gasteiger partial charge in [-0.1, -0.05) is 6.92 Å². The van der Waals surface area contributed by atoms with Gasteiger partial charge in [0.1, 0.15) is 11.5 Å². The minimum atomic E-state index is -0.939. The monoisotopic (exact) mass is 281 g/mol. The lowest BCUT2D eigenvalue weighted by Crippen LogP contribution is -2.33. The van der Waals surface area contributed by atoms with Crippen molar-refractivity contribution in [2.45, 2.75) is 6.92 Å². The van der Waals surface area contributed by atoms with Crippen molar-refractivity contribution in [1.82, 2.24) is 4.90 Å². The maximum absolute atomic E-state index is 12.3. The van der Waals surface area contributed by atoms with Gasteiger partial charge in [-0.05, 0) is 12.1 Å². The van der Waals surface area contributed by atoms with E-state index in [4.69, 9.17) is 14.6 Å². The molecule has 0 aromatic heterocycles. The van der Waals surface area contributed by atoms with E-state index in [1.54, 1.807) is 32.2 Å². The first kappa shape index (κ1) is 15.8. The molecule has 6 nitrogen and oxygen atoms in total. The van der Waals surface area contributed by atoms with E-state index in [1.165, 1.54) is 19.1 Å². The summed E-state index contributed by atoms with van der Waals surface area (Å²) in [5.41, 5.74) is 0.369. The first-order valence-electron chi connectivity index (χ1n) is 6.11. The summed E-state index contributed by atoms with van der Waals surface area (Å²) >= 11 is 0. The second kappa shape index (κ2) is 6.79. The molecule has 1 amide bonds. The van der Waals surface area contributed by atoms with Crippen LogP contribution in [0.5, 0.6) is 11.5 Å². The molecule has 0 spiro atoms. The molecule has 0 bridgehead atoms. The molecule has 0 heterocycles. The fourth-order valence-electron chi connectivity index (χ4n) is 1.75. The highest BCUT2D eigenvalue weighted by molar-refractivity contribution is 5.97. The smallest absolute Gasteiger partial charge is 0.308 e. The van der Waals surface area contributed by atoms with E-state index < -0.39 is 11.9 Å². The molecular weight excluding hydrogens is 262 g/mol. The Hall–Kier alpha value is -2.24. The summed E-state index contributed by atoms with van der Waals surface area (Å²) in [6.45, 7) is 1.68. The Bertz CT molecular complexity index is 500. The van der Waals surface area contributed by atoms with Gasteiger partial charge < -0.3 is 19.5 Å². The van der Waals surface area contributed by atoms with Crippen molar-refractivity contribution in [3.63, 3.8) is 0 Å². The number of carboxylic acid groups (broad SMARTS) is 1. The normalized spacial score (nSPS) is 11.6. The molecule has 0 saturated carbocycles. The molecule has 0 aliphatic rings. The number of aliphatic carboxylic acids is 1. The molecule has 0 saturated heterocycles. The number of carboxylic acids is 1. The fraction of sp³-hybridized carbons (Fsp3) is 0.429. The fourth-order valence-corrected chi connectivity index (χ4v) is 1.75. The second-order valence-corrected chi connectivity index (χ2v) is 4.49. The van der Waals surface area contributed by atoms with E-state index in [0.717, 1.165) is 0 Å². The second-order valence-electron chi connectivity index (χ2n) is 4.49. The number of rotatable bonds is 6. The summed E-state index contributed by atoms with van der Waals surface area (Å²) in [6, 6.07) is 4.87. The van der Waals surface area contributed by atoms with E-state index in [9.17, 15) is 9.59 Å². The lowest BCUT2D eigenvalue weighted by Gasteiger charge is -2.20. The topological polar surface area (TPSA) is 76.1 Å². The van der Waals surface area contributed by atoms with Crippen molar-refractivity contribution in [2.75, 3.05) is 27.8 Å². The van der Waals surface area contributed by atoms with Crippen molar-refractivity contribution in [1.29, 1.82) is 0 Å². The third-order valence-corrected chi connectivity index (χ3v) is 2.96. The Kier molecular flexibility index (Phi) is 5.37. The third kappa shape index (κ3) is 3.63. The maximum atomic E-state index is 12.3. The number of carbonyl (C=O) groups is 2. The van der Waals surface area contributed by atoms with Crippen LogP contribution in [0.2, 0.25) is 0 Å². The largest absolute Gasteiger partial charge is 0.497 e. The van der Waals surface area contributed by atoms with E-state index in [-0.39, 0.29) is 12.5 Å². The SMILES string of the molecule is COc1ccc(C(=O)N(C)CC(C)C(=O)O)c(OC)c1. The number of hydrogen-bond donors (Lipinski definition) is 1. The van der Waals surface area contributed by atoms with Crippen LogP contribution in [0, 0.1) is 5.92 Å². The number of methoxy groups -OCH3 is 2. The highest BCUT2D eigenvalue weighted by Crippen LogP contribution is 2.25. The summed E-state index contributed by atoms with van der Waals surface area (Å²) in [4.78, 5) is 24.5. The summed E-state index contributed by atoms with van der Waals surface area (Å²) in [6.07, 6.45) is 0. The summed E-state index contributed by atoms with van der Waals surface area (Å²) < 4.78 is 10.2. The van der Waals surface area contributed by atoms with Crippen LogP contribution >= 0.6 is 0 Å². The highest BCUT2D eigenvalue weighted by atomic mass is 16.5. The van der Waals surface area contributed by atoms with Gasteiger partial charge in [0.15, 0.2) is 0 Å². The molecule has 110 valence electrons. The van der Waals surface area contributed by atoms with Gasteiger partial charge >= 0.3 is 5.97 Å². The molecule has 1 aromatic carbocycles. The Morgan fingerprint density at radius 3 is 2.45 bits per heavy atom. The van der Waals surface area contributed by atoms with Crippen molar-refractivity contribution >= 4 is 11.9 Å². The van der Waals surface area contributed by atoms with Crippen molar-refractivity contribution in [3.8, 4) is 11.5 Å². The molecule has 1 aromatic rings. The van der Waals surface area contributed by atoms with Gasteiger partial charge in [-0.25, -0.2) is 0 Å². The molecule has 6 heteroatoms. The van der Waals surface area contributed by atoms with Crippen molar-refractivity contribution in [3.05, 3.63) is 23.8 Å². The Labute approximate surface area is 117 Å². The predicted octanol–water partition coefficient (Wildman–Crippen LogP) is 1.50. The number of benzene rings is 1. The molecular formula is C14H19NO5. The first-order chi connectivity index (χ1) is 9.40. The van der Waals surface area contributed by atoms with Gasteiger partial charge in [-0.15, -0.1) is 0 Å². The van der Waals surface area contributed by atoms with Crippen LogP contribution in [0.3, 0.4) is 0 Å². The molecule has 0 radical (unpaired) electrons. The van der Waals surface area contributed by atoms with Gasteiger partial charge in [0, 0.05) is 19.7 Å². The zero-order chi connectivity index (χ0) is 15.3. The molecule has 1 atom stereocenters. The van der Waals surface area contributed by atoms with Gasteiger partial charge in [-0.2, -0.15) is 0 Å². The van der Waals surface area contributed by atoms with Crippen LogP contribution in [0.15, 0.2) is 18.2 Å². The summed E-state index contributed by atoms with van der Waals surface area (Å²) in [5.74, 6) is -0.888. The minimum absolute atomic E-state index is 0.128. The van der Waals surface area contributed by atoms with Crippen LogP contribution in [0.4, 0.5) is 0 Å². The molecule has 20 heavy (non-hydrogen) atoms. The standard InChI is InChI=1S/C14H19NO5/c1-9(14(17)18)8-15(2)13(16)11-6-5-10(19-3)7-12(11)20-4/h5-7,9H,8H2,1-4H3,(H,17,18). The van der Waals surface area contributed by atoms with Crippen LogP contribution < -0.4 is 9.47 Å².